The van der Waals surface area contributed by atoms with E-state index in [-0.39, 0.29) is 0 Å². The van der Waals surface area contributed by atoms with Gasteiger partial charge in [-0.05, 0) is 42.6 Å². The minimum absolute atomic E-state index is 0.489. The molecular weight excluding hydrogens is 270 g/mol. The molecule has 1 fully saturated rings. The molecule has 84 valence electrons. The van der Waals surface area contributed by atoms with E-state index in [0.717, 1.165) is 28.8 Å². The molecule has 0 spiro atoms. The predicted molar refractivity (Wildman–Crippen MR) is 62.9 cm³/mol. The second-order valence-corrected chi connectivity index (χ2v) is 5.32. The largest absolute Gasteiger partial charge is 0.240 e. The van der Waals surface area contributed by atoms with Crippen LogP contribution in [0.25, 0.3) is 0 Å². The molecule has 4 nitrogen and oxygen atoms in total. The van der Waals surface area contributed by atoms with E-state index in [1.165, 1.54) is 0 Å². The highest BCUT2D eigenvalue weighted by atomic mass is 79.9. The lowest BCUT2D eigenvalue weighted by molar-refractivity contribution is 0.507. The van der Waals surface area contributed by atoms with Crippen LogP contribution in [0.15, 0.2) is 15.7 Å². The van der Waals surface area contributed by atoms with Gasteiger partial charge in [-0.1, -0.05) is 0 Å². The zero-order valence-electron chi connectivity index (χ0n) is 9.20. The minimum Gasteiger partial charge on any atom is -0.240 e. The van der Waals surface area contributed by atoms with Gasteiger partial charge in [0, 0.05) is 12.1 Å². The summed E-state index contributed by atoms with van der Waals surface area (Å²) in [4.78, 5) is 22.9. The van der Waals surface area contributed by atoms with Crippen LogP contribution in [-0.2, 0) is 10.3 Å². The molecule has 1 saturated carbocycles. The molecule has 1 aromatic heterocycles. The van der Waals surface area contributed by atoms with Crippen LogP contribution in [0.5, 0.6) is 0 Å². The lowest BCUT2D eigenvalue weighted by Gasteiger charge is -2.18. The summed E-state index contributed by atoms with van der Waals surface area (Å²) >= 11 is 3.39. The van der Waals surface area contributed by atoms with Crippen molar-refractivity contribution < 1.29 is 4.79 Å². The van der Waals surface area contributed by atoms with Gasteiger partial charge in [-0.15, -0.1) is 0 Å². The van der Waals surface area contributed by atoms with E-state index in [0.29, 0.717) is 5.92 Å². The summed E-state index contributed by atoms with van der Waals surface area (Å²) in [6.45, 7) is 3.67. The van der Waals surface area contributed by atoms with Crippen molar-refractivity contribution >= 4 is 22.0 Å². The van der Waals surface area contributed by atoms with Crippen LogP contribution in [0, 0.1) is 0 Å². The first-order chi connectivity index (χ1) is 7.54. The van der Waals surface area contributed by atoms with Crippen LogP contribution in [0.2, 0.25) is 0 Å². The molecule has 2 rings (SSSR count). The Balaban J connectivity index is 2.45. The zero-order valence-corrected chi connectivity index (χ0v) is 10.8. The molecule has 0 saturated heterocycles. The number of rotatable bonds is 3. The van der Waals surface area contributed by atoms with Gasteiger partial charge in [0.25, 0.3) is 0 Å². The second-order valence-electron chi connectivity index (χ2n) is 4.46. The quantitative estimate of drug-likeness (QED) is 0.632. The minimum atomic E-state index is -0.660. The van der Waals surface area contributed by atoms with Crippen molar-refractivity contribution in [1.82, 2.24) is 9.97 Å². The highest BCUT2D eigenvalue weighted by molar-refractivity contribution is 9.10. The number of carbonyl (C=O) groups excluding carboxylic acids is 1. The van der Waals surface area contributed by atoms with Crippen LogP contribution >= 0.6 is 15.9 Å². The Morgan fingerprint density at radius 3 is 2.81 bits per heavy atom. The maximum absolute atomic E-state index is 10.4. The van der Waals surface area contributed by atoms with E-state index >= 15 is 0 Å². The molecule has 0 aliphatic heterocycles. The first kappa shape index (κ1) is 11.4. The first-order valence-corrected chi connectivity index (χ1v) is 5.96. The Labute approximate surface area is 102 Å². The highest BCUT2D eigenvalue weighted by Crippen LogP contribution is 2.39. The van der Waals surface area contributed by atoms with Gasteiger partial charge in [0.1, 0.15) is 11.4 Å². The van der Waals surface area contributed by atoms with E-state index in [2.05, 4.69) is 30.9 Å². The SMILES string of the molecule is CC(C)(N=C=O)c1nc(C2CC2)ncc1Br. The second kappa shape index (κ2) is 4.07. The molecule has 0 atom stereocenters. The third-order valence-electron chi connectivity index (χ3n) is 2.61. The molecule has 1 aliphatic carbocycles. The number of aliphatic imine (C=N–C) groups is 1. The summed E-state index contributed by atoms with van der Waals surface area (Å²) in [6.07, 6.45) is 5.63. The Kier molecular flexibility index (Phi) is 2.91. The summed E-state index contributed by atoms with van der Waals surface area (Å²) in [5, 5.41) is 0. The molecule has 0 aromatic carbocycles. The van der Waals surface area contributed by atoms with Crippen molar-refractivity contribution in [2.45, 2.75) is 38.1 Å². The topological polar surface area (TPSA) is 55.2 Å². The van der Waals surface area contributed by atoms with Gasteiger partial charge in [-0.2, -0.15) is 4.99 Å². The van der Waals surface area contributed by atoms with Gasteiger partial charge < -0.3 is 0 Å². The smallest absolute Gasteiger partial charge is 0.235 e. The summed E-state index contributed by atoms with van der Waals surface area (Å²) in [5.41, 5.74) is 0.0837. The molecule has 0 bridgehead atoms. The number of halogens is 1. The fourth-order valence-corrected chi connectivity index (χ4v) is 2.19. The average Bonchev–Trinajstić information content (AvgIpc) is 3.01. The third-order valence-corrected chi connectivity index (χ3v) is 3.19. The molecule has 0 amide bonds. The summed E-state index contributed by atoms with van der Waals surface area (Å²) < 4.78 is 0.779. The zero-order chi connectivity index (χ0) is 11.8. The van der Waals surface area contributed by atoms with Crippen molar-refractivity contribution in [3.63, 3.8) is 0 Å². The lowest BCUT2D eigenvalue weighted by Crippen LogP contribution is -2.18. The van der Waals surface area contributed by atoms with Crippen LogP contribution < -0.4 is 0 Å². The number of nitrogens with zero attached hydrogens (tertiary/aromatic N) is 3. The molecular formula is C11H12BrN3O. The Hall–Kier alpha value is -1.06. The van der Waals surface area contributed by atoms with Gasteiger partial charge in [-0.25, -0.2) is 14.8 Å². The molecule has 16 heavy (non-hydrogen) atoms. The average molecular weight is 282 g/mol. The number of isocyanates is 1. The van der Waals surface area contributed by atoms with Gasteiger partial charge in [0.15, 0.2) is 0 Å². The standard InChI is InChI=1S/C11H12BrN3O/c1-11(2,14-6-16)9-8(12)5-13-10(15-9)7-3-4-7/h5,7H,3-4H2,1-2H3. The maximum atomic E-state index is 10.4. The normalized spacial score (nSPS) is 15.7. The molecule has 0 N–H and O–H groups in total. The summed E-state index contributed by atoms with van der Waals surface area (Å²) in [7, 11) is 0. The van der Waals surface area contributed by atoms with Crippen molar-refractivity contribution in [1.29, 1.82) is 0 Å². The number of aromatic nitrogens is 2. The van der Waals surface area contributed by atoms with E-state index in [1.54, 1.807) is 12.3 Å². The van der Waals surface area contributed by atoms with E-state index < -0.39 is 5.54 Å². The molecule has 5 heteroatoms. The van der Waals surface area contributed by atoms with Crippen LogP contribution in [0.1, 0.15) is 44.1 Å². The van der Waals surface area contributed by atoms with Crippen LogP contribution in [-0.4, -0.2) is 16.0 Å². The fraction of sp³-hybridized carbons (Fsp3) is 0.545. The van der Waals surface area contributed by atoms with Crippen molar-refractivity contribution in [2.24, 2.45) is 4.99 Å². The fourth-order valence-electron chi connectivity index (χ4n) is 1.52. The molecule has 1 aliphatic rings. The maximum Gasteiger partial charge on any atom is 0.235 e. The van der Waals surface area contributed by atoms with Gasteiger partial charge in [0.05, 0.1) is 10.2 Å². The number of hydrogen-bond acceptors (Lipinski definition) is 4. The van der Waals surface area contributed by atoms with Crippen LogP contribution in [0.4, 0.5) is 0 Å². The monoisotopic (exact) mass is 281 g/mol. The van der Waals surface area contributed by atoms with Gasteiger partial charge in [-0.3, -0.25) is 0 Å². The molecule has 1 heterocycles. The van der Waals surface area contributed by atoms with Crippen molar-refractivity contribution in [3.8, 4) is 0 Å². The first-order valence-electron chi connectivity index (χ1n) is 5.16. The molecule has 0 radical (unpaired) electrons. The summed E-state index contributed by atoms with van der Waals surface area (Å²) in [5.74, 6) is 1.34. The molecule has 0 unspecified atom stereocenters. The number of hydrogen-bond donors (Lipinski definition) is 0. The van der Waals surface area contributed by atoms with Crippen molar-refractivity contribution in [2.75, 3.05) is 0 Å². The molecule has 1 aromatic rings. The predicted octanol–water partition coefficient (Wildman–Crippen LogP) is 2.69. The van der Waals surface area contributed by atoms with Crippen molar-refractivity contribution in [3.05, 3.63) is 22.2 Å². The Morgan fingerprint density at radius 1 is 1.56 bits per heavy atom. The van der Waals surface area contributed by atoms with E-state index in [1.807, 2.05) is 13.8 Å². The lowest BCUT2D eigenvalue weighted by atomic mass is 10.0. The highest BCUT2D eigenvalue weighted by Gasteiger charge is 2.30. The van der Waals surface area contributed by atoms with E-state index in [4.69, 9.17) is 0 Å². The van der Waals surface area contributed by atoms with E-state index in [9.17, 15) is 4.79 Å². The third kappa shape index (κ3) is 2.20. The Bertz CT molecular complexity index is 462. The van der Waals surface area contributed by atoms with Crippen LogP contribution in [0.3, 0.4) is 0 Å². The van der Waals surface area contributed by atoms with Gasteiger partial charge in [0.2, 0.25) is 6.08 Å². The Morgan fingerprint density at radius 2 is 2.25 bits per heavy atom. The summed E-state index contributed by atoms with van der Waals surface area (Å²) in [6, 6.07) is 0. The van der Waals surface area contributed by atoms with Gasteiger partial charge >= 0.3 is 0 Å².